The van der Waals surface area contributed by atoms with Crippen LogP contribution in [-0.4, -0.2) is 73.4 Å². The normalized spacial score (nSPS) is 28.4. The SMILES string of the molecule is CCOC(=O)C(NC(=O)OCc1ccccc1)C(O)[C@H]1O[C@@H](OC)C2OC(C)(C)OC21. The van der Waals surface area contributed by atoms with Gasteiger partial charge in [0, 0.05) is 7.11 Å². The minimum Gasteiger partial charge on any atom is -0.464 e. The highest BCUT2D eigenvalue weighted by molar-refractivity contribution is 5.82. The summed E-state index contributed by atoms with van der Waals surface area (Å²) in [7, 11) is 1.44. The molecular weight excluding hydrogens is 410 g/mol. The summed E-state index contributed by atoms with van der Waals surface area (Å²) < 4.78 is 32.9. The summed E-state index contributed by atoms with van der Waals surface area (Å²) in [5.41, 5.74) is 0.773. The molecule has 0 aromatic heterocycles. The number of aliphatic hydroxyl groups is 1. The van der Waals surface area contributed by atoms with Gasteiger partial charge in [0.1, 0.15) is 31.0 Å². The highest BCUT2D eigenvalue weighted by Gasteiger charge is 2.59. The zero-order chi connectivity index (χ0) is 22.6. The molecule has 0 bridgehead atoms. The molecule has 6 atom stereocenters. The Kier molecular flexibility index (Phi) is 7.50. The van der Waals surface area contributed by atoms with E-state index in [0.717, 1.165) is 5.56 Å². The summed E-state index contributed by atoms with van der Waals surface area (Å²) >= 11 is 0. The second kappa shape index (κ2) is 9.92. The second-order valence-corrected chi connectivity index (χ2v) is 7.70. The van der Waals surface area contributed by atoms with Gasteiger partial charge in [-0.2, -0.15) is 0 Å². The Morgan fingerprint density at radius 3 is 2.48 bits per heavy atom. The van der Waals surface area contributed by atoms with Gasteiger partial charge in [-0.1, -0.05) is 30.3 Å². The van der Waals surface area contributed by atoms with E-state index >= 15 is 0 Å². The molecule has 2 saturated heterocycles. The van der Waals surface area contributed by atoms with Crippen LogP contribution in [0.25, 0.3) is 0 Å². The van der Waals surface area contributed by atoms with Gasteiger partial charge in [0.15, 0.2) is 18.1 Å². The molecule has 0 saturated carbocycles. The standard InChI is InChI=1S/C21H29NO9/c1-5-27-18(24)13(22-20(25)28-11-12-9-7-6-8-10-12)14(23)15-16-17(19(26-4)29-15)31-21(2,3)30-16/h6-10,13-17,19,23H,5,11H2,1-4H3,(H,22,25)/t13?,14?,15-,16?,17?,19-/m1/s1. The number of ether oxygens (including phenoxy) is 6. The maximum atomic E-state index is 12.5. The van der Waals surface area contributed by atoms with Crippen molar-refractivity contribution in [2.75, 3.05) is 13.7 Å². The third-order valence-electron chi connectivity index (χ3n) is 4.98. The molecule has 0 aliphatic carbocycles. The Hall–Kier alpha value is -2.24. The van der Waals surface area contributed by atoms with Crippen molar-refractivity contribution in [1.29, 1.82) is 0 Å². The highest BCUT2D eigenvalue weighted by atomic mass is 16.8. The van der Waals surface area contributed by atoms with E-state index in [1.807, 2.05) is 18.2 Å². The molecule has 0 radical (unpaired) electrons. The van der Waals surface area contributed by atoms with Gasteiger partial charge in [-0.25, -0.2) is 9.59 Å². The monoisotopic (exact) mass is 439 g/mol. The van der Waals surface area contributed by atoms with Crippen LogP contribution < -0.4 is 5.32 Å². The Balaban J connectivity index is 1.70. The molecule has 2 heterocycles. The number of esters is 1. The van der Waals surface area contributed by atoms with Crippen molar-refractivity contribution in [1.82, 2.24) is 5.32 Å². The van der Waals surface area contributed by atoms with Crippen LogP contribution in [0.4, 0.5) is 4.79 Å². The molecule has 10 nitrogen and oxygen atoms in total. The van der Waals surface area contributed by atoms with Crippen molar-refractivity contribution in [2.24, 2.45) is 0 Å². The quantitative estimate of drug-likeness (QED) is 0.573. The van der Waals surface area contributed by atoms with E-state index in [2.05, 4.69) is 5.32 Å². The van der Waals surface area contributed by atoms with Gasteiger partial charge in [0.05, 0.1) is 6.61 Å². The molecule has 1 aromatic carbocycles. The first-order valence-corrected chi connectivity index (χ1v) is 10.1. The Morgan fingerprint density at radius 2 is 1.84 bits per heavy atom. The van der Waals surface area contributed by atoms with E-state index in [4.69, 9.17) is 28.4 Å². The number of benzene rings is 1. The molecule has 4 unspecified atom stereocenters. The molecular formula is C21H29NO9. The fourth-order valence-electron chi connectivity index (χ4n) is 3.65. The molecule has 2 aliphatic heterocycles. The van der Waals surface area contributed by atoms with Crippen LogP contribution in [-0.2, 0) is 39.8 Å². The Bertz CT molecular complexity index is 756. The van der Waals surface area contributed by atoms with Crippen molar-refractivity contribution in [3.63, 3.8) is 0 Å². The summed E-state index contributed by atoms with van der Waals surface area (Å²) in [6, 6.07) is 7.61. The third kappa shape index (κ3) is 5.52. The van der Waals surface area contributed by atoms with Crippen LogP contribution in [0.15, 0.2) is 30.3 Å². The number of hydrogen-bond donors (Lipinski definition) is 2. The number of fused-ring (bicyclic) bond motifs is 1. The van der Waals surface area contributed by atoms with Crippen molar-refractivity contribution >= 4 is 12.1 Å². The summed E-state index contributed by atoms with van der Waals surface area (Å²) in [6.07, 6.45) is -5.53. The van der Waals surface area contributed by atoms with Gasteiger partial charge >= 0.3 is 12.1 Å². The van der Waals surface area contributed by atoms with Gasteiger partial charge in [0.25, 0.3) is 0 Å². The summed E-state index contributed by atoms with van der Waals surface area (Å²) in [6.45, 7) is 5.13. The lowest BCUT2D eigenvalue weighted by Crippen LogP contribution is -2.56. The number of amides is 1. The zero-order valence-corrected chi connectivity index (χ0v) is 18.0. The van der Waals surface area contributed by atoms with Crippen LogP contribution in [0.2, 0.25) is 0 Å². The predicted molar refractivity (Wildman–Crippen MR) is 106 cm³/mol. The number of carbonyl (C=O) groups is 2. The molecule has 172 valence electrons. The largest absolute Gasteiger partial charge is 0.464 e. The molecule has 1 aromatic rings. The molecule has 2 aliphatic rings. The highest BCUT2D eigenvalue weighted by Crippen LogP contribution is 2.40. The topological polar surface area (TPSA) is 122 Å². The van der Waals surface area contributed by atoms with Gasteiger partial charge in [-0.3, -0.25) is 0 Å². The van der Waals surface area contributed by atoms with Crippen LogP contribution in [0, 0.1) is 0 Å². The van der Waals surface area contributed by atoms with E-state index in [1.54, 1.807) is 32.9 Å². The maximum Gasteiger partial charge on any atom is 0.408 e. The third-order valence-corrected chi connectivity index (χ3v) is 4.98. The number of methoxy groups -OCH3 is 1. The van der Waals surface area contributed by atoms with E-state index < -0.39 is 54.6 Å². The molecule has 10 heteroatoms. The average molecular weight is 439 g/mol. The molecule has 1 amide bonds. The van der Waals surface area contributed by atoms with Crippen molar-refractivity contribution in [3.05, 3.63) is 35.9 Å². The summed E-state index contributed by atoms with van der Waals surface area (Å²) in [5, 5.41) is 13.4. The van der Waals surface area contributed by atoms with Gasteiger partial charge in [0.2, 0.25) is 0 Å². The van der Waals surface area contributed by atoms with E-state index in [-0.39, 0.29) is 13.2 Å². The van der Waals surface area contributed by atoms with Crippen molar-refractivity contribution < 1.29 is 43.1 Å². The number of aliphatic hydroxyl groups excluding tert-OH is 1. The average Bonchev–Trinajstić information content (AvgIpc) is 3.23. The van der Waals surface area contributed by atoms with Crippen molar-refractivity contribution in [3.8, 4) is 0 Å². The van der Waals surface area contributed by atoms with Gasteiger partial charge < -0.3 is 38.8 Å². The smallest absolute Gasteiger partial charge is 0.408 e. The summed E-state index contributed by atoms with van der Waals surface area (Å²) in [5.74, 6) is -1.75. The lowest BCUT2D eigenvalue weighted by molar-refractivity contribution is -0.238. The minimum absolute atomic E-state index is 0.000168. The maximum absolute atomic E-state index is 12.5. The Labute approximate surface area is 180 Å². The Morgan fingerprint density at radius 1 is 1.16 bits per heavy atom. The molecule has 2 fully saturated rings. The lowest BCUT2D eigenvalue weighted by Gasteiger charge is -2.29. The number of alkyl carbamates (subject to hydrolysis) is 1. The van der Waals surface area contributed by atoms with E-state index in [0.29, 0.717) is 0 Å². The molecule has 31 heavy (non-hydrogen) atoms. The van der Waals surface area contributed by atoms with Gasteiger partial charge in [-0.05, 0) is 26.3 Å². The fourth-order valence-corrected chi connectivity index (χ4v) is 3.65. The van der Waals surface area contributed by atoms with Crippen LogP contribution in [0.3, 0.4) is 0 Å². The van der Waals surface area contributed by atoms with Crippen LogP contribution in [0.5, 0.6) is 0 Å². The van der Waals surface area contributed by atoms with E-state index in [1.165, 1.54) is 7.11 Å². The zero-order valence-electron chi connectivity index (χ0n) is 18.0. The molecule has 3 rings (SSSR count). The first-order valence-electron chi connectivity index (χ1n) is 10.1. The predicted octanol–water partition coefficient (Wildman–Crippen LogP) is 1.10. The molecule has 0 spiro atoms. The fraction of sp³-hybridized carbons (Fsp3) is 0.619. The second-order valence-electron chi connectivity index (χ2n) is 7.70. The van der Waals surface area contributed by atoms with Crippen molar-refractivity contribution in [2.45, 2.75) is 69.9 Å². The van der Waals surface area contributed by atoms with Crippen LogP contribution >= 0.6 is 0 Å². The number of nitrogens with one attached hydrogen (secondary N) is 1. The number of carbonyl (C=O) groups excluding carboxylic acids is 2. The minimum atomic E-state index is -1.51. The van der Waals surface area contributed by atoms with Gasteiger partial charge in [-0.15, -0.1) is 0 Å². The number of rotatable bonds is 8. The summed E-state index contributed by atoms with van der Waals surface area (Å²) in [4.78, 5) is 24.8. The molecule has 2 N–H and O–H groups in total. The number of hydrogen-bond acceptors (Lipinski definition) is 9. The van der Waals surface area contributed by atoms with Crippen LogP contribution in [0.1, 0.15) is 26.3 Å². The lowest BCUT2D eigenvalue weighted by atomic mass is 10.00. The van der Waals surface area contributed by atoms with E-state index in [9.17, 15) is 14.7 Å². The first-order chi connectivity index (χ1) is 14.8. The first kappa shape index (κ1) is 23.4.